The van der Waals surface area contributed by atoms with Gasteiger partial charge in [0.25, 0.3) is 0 Å². The summed E-state index contributed by atoms with van der Waals surface area (Å²) < 4.78 is 10.6. The summed E-state index contributed by atoms with van der Waals surface area (Å²) in [5.41, 5.74) is 2.37. The van der Waals surface area contributed by atoms with Crippen LogP contribution in [0.4, 0.5) is 0 Å². The van der Waals surface area contributed by atoms with E-state index in [2.05, 4.69) is 12.2 Å². The van der Waals surface area contributed by atoms with Gasteiger partial charge in [0.05, 0.1) is 14.2 Å². The van der Waals surface area contributed by atoms with Crippen LogP contribution in [-0.2, 0) is 13.0 Å². The highest BCUT2D eigenvalue weighted by Crippen LogP contribution is 2.22. The molecule has 2 aromatic carbocycles. The summed E-state index contributed by atoms with van der Waals surface area (Å²) in [5, 5.41) is 12.8. The molecule has 2 N–H and O–H groups in total. The van der Waals surface area contributed by atoms with E-state index >= 15 is 0 Å². The van der Waals surface area contributed by atoms with Crippen molar-refractivity contribution in [2.75, 3.05) is 14.2 Å². The Balaban J connectivity index is 1.84. The molecular formula is C19H25NO3. The molecule has 0 saturated heterocycles. The third kappa shape index (κ3) is 5.49. The summed E-state index contributed by atoms with van der Waals surface area (Å²) in [6.07, 6.45) is 2.02. The Morgan fingerprint density at radius 3 is 2.13 bits per heavy atom. The molecule has 0 aliphatic carbocycles. The second-order valence-electron chi connectivity index (χ2n) is 5.71. The van der Waals surface area contributed by atoms with Crippen molar-refractivity contribution < 1.29 is 14.6 Å². The average molecular weight is 315 g/mol. The molecule has 2 rings (SSSR count). The van der Waals surface area contributed by atoms with Crippen LogP contribution in [0.25, 0.3) is 0 Å². The standard InChI is InChI=1S/C19H25NO3/c1-14(4-5-15-6-8-17(21)9-7-15)20-13-16-10-18(22-2)12-19(11-16)23-3/h6-12,14,20-21H,4-5,13H2,1-3H3. The van der Waals surface area contributed by atoms with Gasteiger partial charge in [-0.2, -0.15) is 0 Å². The van der Waals surface area contributed by atoms with E-state index in [4.69, 9.17) is 9.47 Å². The molecule has 0 fully saturated rings. The summed E-state index contributed by atoms with van der Waals surface area (Å²) >= 11 is 0. The van der Waals surface area contributed by atoms with Gasteiger partial charge in [-0.1, -0.05) is 12.1 Å². The zero-order valence-electron chi connectivity index (χ0n) is 14.0. The number of hydrogen-bond donors (Lipinski definition) is 2. The molecule has 0 spiro atoms. The Morgan fingerprint density at radius 2 is 1.57 bits per heavy atom. The minimum atomic E-state index is 0.312. The first kappa shape index (κ1) is 17.2. The highest BCUT2D eigenvalue weighted by atomic mass is 16.5. The highest BCUT2D eigenvalue weighted by molar-refractivity contribution is 5.38. The van der Waals surface area contributed by atoms with Gasteiger partial charge in [0, 0.05) is 18.7 Å². The Kier molecular flexibility index (Phi) is 6.29. The fraction of sp³-hybridized carbons (Fsp3) is 0.368. The zero-order valence-corrected chi connectivity index (χ0v) is 14.0. The number of phenols is 1. The fourth-order valence-corrected chi connectivity index (χ4v) is 2.41. The number of hydrogen-bond acceptors (Lipinski definition) is 4. The number of phenolic OH excluding ortho intramolecular Hbond substituents is 1. The maximum absolute atomic E-state index is 9.30. The van der Waals surface area contributed by atoms with Crippen LogP contribution < -0.4 is 14.8 Å². The van der Waals surface area contributed by atoms with Crippen molar-refractivity contribution in [1.29, 1.82) is 0 Å². The van der Waals surface area contributed by atoms with Crippen molar-refractivity contribution in [3.8, 4) is 17.2 Å². The van der Waals surface area contributed by atoms with Gasteiger partial charge in [-0.15, -0.1) is 0 Å². The first-order chi connectivity index (χ1) is 11.1. The molecule has 0 saturated carbocycles. The minimum Gasteiger partial charge on any atom is -0.508 e. The predicted octanol–water partition coefficient (Wildman–Crippen LogP) is 3.52. The molecular weight excluding hydrogens is 290 g/mol. The van der Waals surface area contributed by atoms with Crippen molar-refractivity contribution >= 4 is 0 Å². The molecule has 23 heavy (non-hydrogen) atoms. The monoisotopic (exact) mass is 315 g/mol. The number of aromatic hydroxyl groups is 1. The van der Waals surface area contributed by atoms with Crippen LogP contribution in [0.5, 0.6) is 17.2 Å². The maximum atomic E-state index is 9.30. The number of rotatable bonds is 8. The Hall–Kier alpha value is -2.20. The summed E-state index contributed by atoms with van der Waals surface area (Å²) in [7, 11) is 3.32. The maximum Gasteiger partial charge on any atom is 0.122 e. The highest BCUT2D eigenvalue weighted by Gasteiger charge is 2.05. The van der Waals surface area contributed by atoms with Gasteiger partial charge >= 0.3 is 0 Å². The molecule has 0 heterocycles. The predicted molar refractivity (Wildman–Crippen MR) is 92.3 cm³/mol. The van der Waals surface area contributed by atoms with Gasteiger partial charge in [0.2, 0.25) is 0 Å². The van der Waals surface area contributed by atoms with Crippen LogP contribution in [-0.4, -0.2) is 25.4 Å². The topological polar surface area (TPSA) is 50.7 Å². The van der Waals surface area contributed by atoms with Crippen molar-refractivity contribution in [3.05, 3.63) is 53.6 Å². The van der Waals surface area contributed by atoms with Crippen molar-refractivity contribution in [2.45, 2.75) is 32.4 Å². The number of methoxy groups -OCH3 is 2. The van der Waals surface area contributed by atoms with E-state index in [0.717, 1.165) is 36.4 Å². The molecule has 0 radical (unpaired) electrons. The number of aryl methyl sites for hydroxylation is 1. The minimum absolute atomic E-state index is 0.312. The molecule has 4 nitrogen and oxygen atoms in total. The first-order valence-electron chi connectivity index (χ1n) is 7.84. The number of nitrogens with one attached hydrogen (secondary N) is 1. The molecule has 124 valence electrons. The molecule has 1 atom stereocenters. The van der Waals surface area contributed by atoms with Gasteiger partial charge in [0.1, 0.15) is 17.2 Å². The lowest BCUT2D eigenvalue weighted by molar-refractivity contribution is 0.392. The largest absolute Gasteiger partial charge is 0.508 e. The van der Waals surface area contributed by atoms with Crippen LogP contribution >= 0.6 is 0 Å². The lowest BCUT2D eigenvalue weighted by atomic mass is 10.1. The summed E-state index contributed by atoms with van der Waals surface area (Å²) in [5.74, 6) is 1.92. The fourth-order valence-electron chi connectivity index (χ4n) is 2.41. The van der Waals surface area contributed by atoms with Crippen molar-refractivity contribution in [2.24, 2.45) is 0 Å². The van der Waals surface area contributed by atoms with E-state index in [0.29, 0.717) is 11.8 Å². The molecule has 0 aromatic heterocycles. The summed E-state index contributed by atoms with van der Waals surface area (Å²) in [6.45, 7) is 2.95. The van der Waals surface area contributed by atoms with E-state index in [1.165, 1.54) is 5.56 Å². The van der Waals surface area contributed by atoms with Crippen LogP contribution in [0.1, 0.15) is 24.5 Å². The van der Waals surface area contributed by atoms with Crippen LogP contribution in [0.15, 0.2) is 42.5 Å². The SMILES string of the molecule is COc1cc(CNC(C)CCc2ccc(O)cc2)cc(OC)c1. The van der Waals surface area contributed by atoms with Gasteiger partial charge in [-0.3, -0.25) is 0 Å². The normalized spacial score (nSPS) is 12.0. The molecule has 0 amide bonds. The van der Waals surface area contributed by atoms with E-state index < -0.39 is 0 Å². The third-order valence-electron chi connectivity index (χ3n) is 3.87. The molecule has 0 bridgehead atoms. The third-order valence-corrected chi connectivity index (χ3v) is 3.87. The van der Waals surface area contributed by atoms with E-state index in [1.807, 2.05) is 30.3 Å². The molecule has 1 unspecified atom stereocenters. The van der Waals surface area contributed by atoms with Crippen LogP contribution in [0, 0.1) is 0 Å². The number of benzene rings is 2. The van der Waals surface area contributed by atoms with Crippen molar-refractivity contribution in [1.82, 2.24) is 5.32 Å². The van der Waals surface area contributed by atoms with Gasteiger partial charge < -0.3 is 19.9 Å². The smallest absolute Gasteiger partial charge is 0.122 e. The molecule has 0 aliphatic rings. The van der Waals surface area contributed by atoms with Crippen LogP contribution in [0.3, 0.4) is 0 Å². The lowest BCUT2D eigenvalue weighted by Crippen LogP contribution is -2.26. The van der Waals surface area contributed by atoms with E-state index in [9.17, 15) is 5.11 Å². The lowest BCUT2D eigenvalue weighted by Gasteiger charge is -2.15. The quantitative estimate of drug-likeness (QED) is 0.782. The second kappa shape index (κ2) is 8.44. The van der Waals surface area contributed by atoms with E-state index in [1.54, 1.807) is 26.4 Å². The van der Waals surface area contributed by atoms with Gasteiger partial charge in [0.15, 0.2) is 0 Å². The first-order valence-corrected chi connectivity index (χ1v) is 7.84. The molecule has 4 heteroatoms. The summed E-state index contributed by atoms with van der Waals surface area (Å²) in [4.78, 5) is 0. The second-order valence-corrected chi connectivity index (χ2v) is 5.71. The van der Waals surface area contributed by atoms with Crippen molar-refractivity contribution in [3.63, 3.8) is 0 Å². The number of ether oxygens (including phenoxy) is 2. The van der Waals surface area contributed by atoms with Crippen LogP contribution in [0.2, 0.25) is 0 Å². The Morgan fingerprint density at radius 1 is 0.957 bits per heavy atom. The molecule has 0 aliphatic heterocycles. The zero-order chi connectivity index (χ0) is 16.7. The van der Waals surface area contributed by atoms with Gasteiger partial charge in [-0.25, -0.2) is 0 Å². The molecule has 2 aromatic rings. The average Bonchev–Trinajstić information content (AvgIpc) is 2.59. The Labute approximate surface area is 138 Å². The Bertz CT molecular complexity index is 588. The van der Waals surface area contributed by atoms with E-state index in [-0.39, 0.29) is 0 Å². The van der Waals surface area contributed by atoms with Gasteiger partial charge in [-0.05, 0) is 55.2 Å². The summed E-state index contributed by atoms with van der Waals surface area (Å²) in [6, 6.07) is 13.7.